The first-order valence-corrected chi connectivity index (χ1v) is 11.0. The summed E-state index contributed by atoms with van der Waals surface area (Å²) in [5.74, 6) is 0.891. The van der Waals surface area contributed by atoms with Crippen molar-refractivity contribution in [1.29, 1.82) is 0 Å². The second-order valence-electron chi connectivity index (χ2n) is 8.90. The summed E-state index contributed by atoms with van der Waals surface area (Å²) in [6, 6.07) is 8.69. The number of carbonyl (C=O) groups excluding carboxylic acids is 1. The van der Waals surface area contributed by atoms with Crippen molar-refractivity contribution >= 4 is 12.1 Å². The van der Waals surface area contributed by atoms with Crippen LogP contribution in [0.4, 0.5) is 4.79 Å². The highest BCUT2D eigenvalue weighted by Gasteiger charge is 2.27. The molecule has 168 valence electrons. The Bertz CT molecular complexity index is 714. The Labute approximate surface area is 181 Å². The molecule has 30 heavy (non-hydrogen) atoms. The zero-order chi connectivity index (χ0) is 22.1. The summed E-state index contributed by atoms with van der Waals surface area (Å²) in [6.45, 7) is 14.9. The molecule has 0 aromatic heterocycles. The van der Waals surface area contributed by atoms with Crippen molar-refractivity contribution in [2.45, 2.75) is 65.8 Å². The van der Waals surface area contributed by atoms with Crippen LogP contribution in [0.2, 0.25) is 0 Å². The monoisotopic (exact) mass is 417 g/mol. The van der Waals surface area contributed by atoms with E-state index in [4.69, 9.17) is 9.73 Å². The fraction of sp³-hybridized carbons (Fsp3) is 0.652. The number of guanidine groups is 1. The zero-order valence-corrected chi connectivity index (χ0v) is 19.5. The van der Waals surface area contributed by atoms with E-state index in [-0.39, 0.29) is 12.1 Å². The Hall–Kier alpha value is -2.28. The molecule has 1 aliphatic heterocycles. The van der Waals surface area contributed by atoms with Gasteiger partial charge in [-0.15, -0.1) is 0 Å². The maximum absolute atomic E-state index is 12.1. The van der Waals surface area contributed by atoms with Gasteiger partial charge in [0, 0.05) is 26.2 Å². The number of nitrogens with zero attached hydrogens (tertiary/aromatic N) is 3. The van der Waals surface area contributed by atoms with Gasteiger partial charge in [0.2, 0.25) is 0 Å². The summed E-state index contributed by atoms with van der Waals surface area (Å²) >= 11 is 0. The Balaban J connectivity index is 1.96. The Morgan fingerprint density at radius 2 is 2.03 bits per heavy atom. The molecule has 2 N–H and O–H groups in total. The number of benzene rings is 1. The summed E-state index contributed by atoms with van der Waals surface area (Å²) in [5, 5.41) is 6.36. The van der Waals surface area contributed by atoms with Gasteiger partial charge in [-0.3, -0.25) is 0 Å². The van der Waals surface area contributed by atoms with Crippen LogP contribution in [0.25, 0.3) is 0 Å². The topological polar surface area (TPSA) is 69.2 Å². The lowest BCUT2D eigenvalue weighted by molar-refractivity contribution is 0.0507. The fourth-order valence-electron chi connectivity index (χ4n) is 3.39. The minimum absolute atomic E-state index is 0.0663. The Morgan fingerprint density at radius 3 is 2.70 bits per heavy atom. The van der Waals surface area contributed by atoms with E-state index in [9.17, 15) is 4.79 Å². The minimum atomic E-state index is -0.487. The first-order chi connectivity index (χ1) is 14.2. The van der Waals surface area contributed by atoms with E-state index < -0.39 is 5.60 Å². The molecule has 0 radical (unpaired) electrons. The van der Waals surface area contributed by atoms with Crippen LogP contribution in [-0.4, -0.2) is 66.7 Å². The second kappa shape index (κ2) is 11.2. The number of alkyl carbamates (subject to hydrolysis) is 1. The van der Waals surface area contributed by atoms with Crippen LogP contribution in [0.5, 0.6) is 0 Å². The van der Waals surface area contributed by atoms with Gasteiger partial charge >= 0.3 is 6.09 Å². The summed E-state index contributed by atoms with van der Waals surface area (Å²) in [7, 11) is 2.13. The number of nitrogens with one attached hydrogen (secondary N) is 2. The third kappa shape index (κ3) is 8.22. The number of ether oxygens (including phenoxy) is 1. The van der Waals surface area contributed by atoms with Crippen molar-refractivity contribution in [3.8, 4) is 0 Å². The molecule has 1 fully saturated rings. The fourth-order valence-corrected chi connectivity index (χ4v) is 3.39. The van der Waals surface area contributed by atoms with Gasteiger partial charge in [0.1, 0.15) is 5.60 Å². The van der Waals surface area contributed by atoms with Crippen LogP contribution in [0.15, 0.2) is 29.3 Å². The number of rotatable bonds is 7. The highest BCUT2D eigenvalue weighted by atomic mass is 16.6. The molecule has 0 spiro atoms. The molecule has 7 nitrogen and oxygen atoms in total. The molecule has 0 saturated carbocycles. The van der Waals surface area contributed by atoms with Crippen LogP contribution >= 0.6 is 0 Å². The molecule has 2 rings (SSSR count). The SMILES string of the molecule is CCNC(=NCc1cccc(CN(C)CC)c1)N1CCC(NC(=O)OC(C)(C)C)C1. The average Bonchev–Trinajstić information content (AvgIpc) is 3.11. The second-order valence-corrected chi connectivity index (χ2v) is 8.90. The van der Waals surface area contributed by atoms with Gasteiger partial charge in [0.05, 0.1) is 12.6 Å². The average molecular weight is 418 g/mol. The van der Waals surface area contributed by atoms with Gasteiger partial charge < -0.3 is 25.2 Å². The maximum Gasteiger partial charge on any atom is 0.407 e. The van der Waals surface area contributed by atoms with Crippen LogP contribution in [0.1, 0.15) is 52.2 Å². The number of amides is 1. The first kappa shape index (κ1) is 24.0. The third-order valence-electron chi connectivity index (χ3n) is 4.94. The van der Waals surface area contributed by atoms with Gasteiger partial charge in [-0.25, -0.2) is 9.79 Å². The molecule has 1 heterocycles. The number of aliphatic imine (C=N–C) groups is 1. The lowest BCUT2D eigenvalue weighted by Gasteiger charge is -2.23. The highest BCUT2D eigenvalue weighted by molar-refractivity contribution is 5.80. The third-order valence-corrected chi connectivity index (χ3v) is 4.94. The molecule has 7 heteroatoms. The van der Waals surface area contributed by atoms with E-state index >= 15 is 0 Å². The van der Waals surface area contributed by atoms with Crippen molar-refractivity contribution in [1.82, 2.24) is 20.4 Å². The van der Waals surface area contributed by atoms with Crippen LogP contribution in [-0.2, 0) is 17.8 Å². The molecule has 1 amide bonds. The Morgan fingerprint density at radius 1 is 1.30 bits per heavy atom. The predicted octanol–water partition coefficient (Wildman–Crippen LogP) is 3.20. The molecular weight excluding hydrogens is 378 g/mol. The molecule has 1 aromatic rings. The summed E-state index contributed by atoms with van der Waals surface area (Å²) in [5.41, 5.74) is 2.02. The van der Waals surface area contributed by atoms with Crippen molar-refractivity contribution < 1.29 is 9.53 Å². The van der Waals surface area contributed by atoms with E-state index in [1.54, 1.807) is 0 Å². The number of hydrogen-bond donors (Lipinski definition) is 2. The van der Waals surface area contributed by atoms with Crippen molar-refractivity contribution in [3.63, 3.8) is 0 Å². The van der Waals surface area contributed by atoms with E-state index in [0.717, 1.165) is 45.1 Å². The zero-order valence-electron chi connectivity index (χ0n) is 19.5. The predicted molar refractivity (Wildman–Crippen MR) is 123 cm³/mol. The van der Waals surface area contributed by atoms with Gasteiger partial charge in [0.15, 0.2) is 5.96 Å². The molecule has 1 saturated heterocycles. The van der Waals surface area contributed by atoms with E-state index in [1.165, 1.54) is 11.1 Å². The quantitative estimate of drug-likeness (QED) is 0.527. The van der Waals surface area contributed by atoms with Crippen LogP contribution in [0, 0.1) is 0 Å². The van der Waals surface area contributed by atoms with Gasteiger partial charge in [-0.1, -0.05) is 31.2 Å². The summed E-state index contributed by atoms with van der Waals surface area (Å²) < 4.78 is 5.38. The molecule has 1 aromatic carbocycles. The molecular formula is C23H39N5O2. The summed E-state index contributed by atoms with van der Waals surface area (Å²) in [4.78, 5) is 21.4. The molecule has 0 aliphatic carbocycles. The highest BCUT2D eigenvalue weighted by Crippen LogP contribution is 2.13. The Kier molecular flexibility index (Phi) is 8.96. The van der Waals surface area contributed by atoms with Gasteiger partial charge in [0.25, 0.3) is 0 Å². The van der Waals surface area contributed by atoms with Crippen molar-refractivity contribution in [2.75, 3.05) is 33.2 Å². The normalized spacial score (nSPS) is 17.4. The van der Waals surface area contributed by atoms with Crippen molar-refractivity contribution in [2.24, 2.45) is 4.99 Å². The maximum atomic E-state index is 12.1. The van der Waals surface area contributed by atoms with E-state index in [1.807, 2.05) is 20.8 Å². The van der Waals surface area contributed by atoms with E-state index in [0.29, 0.717) is 6.54 Å². The summed E-state index contributed by atoms with van der Waals surface area (Å²) in [6.07, 6.45) is 0.521. The molecule has 0 bridgehead atoms. The van der Waals surface area contributed by atoms with Crippen LogP contribution in [0.3, 0.4) is 0 Å². The molecule has 1 aliphatic rings. The van der Waals surface area contributed by atoms with Gasteiger partial charge in [-0.05, 0) is 58.8 Å². The van der Waals surface area contributed by atoms with E-state index in [2.05, 4.69) is 65.6 Å². The molecule has 1 atom stereocenters. The first-order valence-electron chi connectivity index (χ1n) is 11.0. The molecule has 1 unspecified atom stereocenters. The smallest absolute Gasteiger partial charge is 0.407 e. The number of hydrogen-bond acceptors (Lipinski definition) is 4. The van der Waals surface area contributed by atoms with Gasteiger partial charge in [-0.2, -0.15) is 0 Å². The number of likely N-dealkylation sites (tertiary alicyclic amines) is 1. The van der Waals surface area contributed by atoms with Crippen molar-refractivity contribution in [3.05, 3.63) is 35.4 Å². The standard InChI is InChI=1S/C23H39N5O2/c1-7-24-21(25-15-18-10-9-11-19(14-18)16-27(6)8-2)28-13-12-20(17-28)26-22(29)30-23(3,4)5/h9-11,14,20H,7-8,12-13,15-17H2,1-6H3,(H,24,25)(H,26,29). The minimum Gasteiger partial charge on any atom is -0.444 e. The lowest BCUT2D eigenvalue weighted by atomic mass is 10.1. The van der Waals surface area contributed by atoms with Crippen LogP contribution < -0.4 is 10.6 Å². The largest absolute Gasteiger partial charge is 0.444 e. The number of carbonyl (C=O) groups is 1. The lowest BCUT2D eigenvalue weighted by Crippen LogP contribution is -2.44.